The van der Waals surface area contributed by atoms with Crippen LogP contribution in [0.15, 0.2) is 42.7 Å². The molecule has 3 rings (SSSR count). The van der Waals surface area contributed by atoms with E-state index in [-0.39, 0.29) is 11.9 Å². The Hall–Kier alpha value is -2.28. The van der Waals surface area contributed by atoms with Gasteiger partial charge in [-0.2, -0.15) is 0 Å². The molecule has 0 aliphatic carbocycles. The summed E-state index contributed by atoms with van der Waals surface area (Å²) < 4.78 is 0. The van der Waals surface area contributed by atoms with Crippen LogP contribution in [0.1, 0.15) is 36.2 Å². The Morgan fingerprint density at radius 1 is 1.27 bits per heavy atom. The van der Waals surface area contributed by atoms with Gasteiger partial charge in [-0.05, 0) is 50.6 Å². The minimum Gasteiger partial charge on any atom is -0.390 e. The number of hydrogen-bond donors (Lipinski definition) is 4. The fourth-order valence-electron chi connectivity index (χ4n) is 3.03. The SMILES string of the molecule is CC(C)(O)c1cncc(-c2cccc(C(=O)N[C@@H]3CCNC[C@H]3O)c2)c1. The Bertz CT molecular complexity index is 786. The smallest absolute Gasteiger partial charge is 0.251 e. The van der Waals surface area contributed by atoms with Crippen molar-refractivity contribution in [3.8, 4) is 11.1 Å². The molecular formula is C20H25N3O3. The topological polar surface area (TPSA) is 94.5 Å². The van der Waals surface area contributed by atoms with Crippen molar-refractivity contribution in [2.24, 2.45) is 0 Å². The predicted octanol–water partition coefficient (Wildman–Crippen LogP) is 1.43. The Morgan fingerprint density at radius 2 is 2.08 bits per heavy atom. The molecule has 2 atom stereocenters. The zero-order chi connectivity index (χ0) is 18.7. The molecule has 1 aliphatic heterocycles. The van der Waals surface area contributed by atoms with Gasteiger partial charge in [-0.1, -0.05) is 12.1 Å². The van der Waals surface area contributed by atoms with Gasteiger partial charge in [0, 0.05) is 35.6 Å². The summed E-state index contributed by atoms with van der Waals surface area (Å²) in [6, 6.07) is 8.91. The van der Waals surface area contributed by atoms with E-state index in [1.54, 1.807) is 38.4 Å². The second kappa shape index (κ2) is 7.53. The summed E-state index contributed by atoms with van der Waals surface area (Å²) >= 11 is 0. The summed E-state index contributed by atoms with van der Waals surface area (Å²) in [6.07, 6.45) is 3.47. The summed E-state index contributed by atoms with van der Waals surface area (Å²) in [6.45, 7) is 4.68. The molecule has 0 radical (unpaired) electrons. The van der Waals surface area contributed by atoms with Crippen LogP contribution in [0.4, 0.5) is 0 Å². The number of aliphatic hydroxyl groups is 2. The summed E-state index contributed by atoms with van der Waals surface area (Å²) in [7, 11) is 0. The molecule has 0 bridgehead atoms. The van der Waals surface area contributed by atoms with Gasteiger partial charge >= 0.3 is 0 Å². The quantitative estimate of drug-likeness (QED) is 0.666. The third-order valence-corrected chi connectivity index (χ3v) is 4.67. The second-order valence-corrected chi connectivity index (χ2v) is 7.24. The first-order valence-corrected chi connectivity index (χ1v) is 8.82. The van der Waals surface area contributed by atoms with Crippen LogP contribution >= 0.6 is 0 Å². The first kappa shape index (κ1) is 18.5. The molecule has 0 saturated carbocycles. The Morgan fingerprint density at radius 3 is 2.81 bits per heavy atom. The van der Waals surface area contributed by atoms with Crippen LogP contribution in [0.25, 0.3) is 11.1 Å². The van der Waals surface area contributed by atoms with Gasteiger partial charge in [0.25, 0.3) is 5.91 Å². The standard InChI is InChI=1S/C20H25N3O3/c1-20(2,26)16-9-15(10-22-11-16)13-4-3-5-14(8-13)19(25)23-17-6-7-21-12-18(17)24/h3-5,8-11,17-18,21,24,26H,6-7,12H2,1-2H3,(H,23,25)/t17-,18-/m1/s1. The molecule has 2 aromatic rings. The van der Waals surface area contributed by atoms with Crippen LogP contribution in [0.3, 0.4) is 0 Å². The number of aromatic nitrogens is 1. The lowest BCUT2D eigenvalue weighted by Gasteiger charge is -2.29. The zero-order valence-corrected chi connectivity index (χ0v) is 15.1. The Kier molecular flexibility index (Phi) is 5.36. The van der Waals surface area contributed by atoms with E-state index in [9.17, 15) is 15.0 Å². The highest BCUT2D eigenvalue weighted by Crippen LogP contribution is 2.25. The summed E-state index contributed by atoms with van der Waals surface area (Å²) in [4.78, 5) is 16.8. The average molecular weight is 355 g/mol. The molecular weight excluding hydrogens is 330 g/mol. The number of amides is 1. The molecule has 4 N–H and O–H groups in total. The van der Waals surface area contributed by atoms with Crippen molar-refractivity contribution >= 4 is 5.91 Å². The van der Waals surface area contributed by atoms with E-state index in [4.69, 9.17) is 0 Å². The largest absolute Gasteiger partial charge is 0.390 e. The van der Waals surface area contributed by atoms with Gasteiger partial charge in [0.1, 0.15) is 0 Å². The van der Waals surface area contributed by atoms with E-state index in [2.05, 4.69) is 15.6 Å². The third kappa shape index (κ3) is 4.27. The summed E-state index contributed by atoms with van der Waals surface area (Å²) in [5.41, 5.74) is 1.94. The van der Waals surface area contributed by atoms with Crippen molar-refractivity contribution < 1.29 is 15.0 Å². The van der Waals surface area contributed by atoms with Gasteiger partial charge in [-0.15, -0.1) is 0 Å². The second-order valence-electron chi connectivity index (χ2n) is 7.24. The van der Waals surface area contributed by atoms with Gasteiger partial charge in [0.15, 0.2) is 0 Å². The maximum Gasteiger partial charge on any atom is 0.251 e. The minimum atomic E-state index is -0.983. The van der Waals surface area contributed by atoms with Gasteiger partial charge in [0.2, 0.25) is 0 Å². The number of carbonyl (C=O) groups is 1. The number of piperidine rings is 1. The molecule has 1 aromatic heterocycles. The highest BCUT2D eigenvalue weighted by molar-refractivity contribution is 5.95. The lowest BCUT2D eigenvalue weighted by atomic mass is 9.96. The van der Waals surface area contributed by atoms with Gasteiger partial charge in [-0.25, -0.2) is 0 Å². The number of hydrogen-bond acceptors (Lipinski definition) is 5. The Labute approximate surface area is 153 Å². The highest BCUT2D eigenvalue weighted by Gasteiger charge is 2.24. The van der Waals surface area contributed by atoms with Crippen LogP contribution in [-0.2, 0) is 5.60 Å². The molecule has 6 heteroatoms. The van der Waals surface area contributed by atoms with Crippen LogP contribution in [0.2, 0.25) is 0 Å². The van der Waals surface area contributed by atoms with E-state index >= 15 is 0 Å². The van der Waals surface area contributed by atoms with Crippen LogP contribution in [0, 0.1) is 0 Å². The fourth-order valence-corrected chi connectivity index (χ4v) is 3.03. The normalized spacial score (nSPS) is 20.6. The molecule has 1 amide bonds. The number of nitrogens with one attached hydrogen (secondary N) is 2. The molecule has 2 heterocycles. The zero-order valence-electron chi connectivity index (χ0n) is 15.1. The maximum atomic E-state index is 12.6. The molecule has 26 heavy (non-hydrogen) atoms. The van der Waals surface area contributed by atoms with Crippen LogP contribution < -0.4 is 10.6 Å². The van der Waals surface area contributed by atoms with Crippen LogP contribution in [0.5, 0.6) is 0 Å². The number of benzene rings is 1. The maximum absolute atomic E-state index is 12.6. The molecule has 1 fully saturated rings. The lowest BCUT2D eigenvalue weighted by Crippen LogP contribution is -2.52. The number of carbonyl (C=O) groups excluding carboxylic acids is 1. The van der Waals surface area contributed by atoms with Gasteiger partial charge in [0.05, 0.1) is 17.7 Å². The van der Waals surface area contributed by atoms with Crippen molar-refractivity contribution in [2.45, 2.75) is 38.0 Å². The monoisotopic (exact) mass is 355 g/mol. The molecule has 1 aromatic carbocycles. The number of rotatable bonds is 4. The van der Waals surface area contributed by atoms with Crippen molar-refractivity contribution in [2.75, 3.05) is 13.1 Å². The van der Waals surface area contributed by atoms with Crippen molar-refractivity contribution in [3.63, 3.8) is 0 Å². The molecule has 1 aliphatic rings. The van der Waals surface area contributed by atoms with Gasteiger partial charge in [-0.3, -0.25) is 9.78 Å². The molecule has 0 spiro atoms. The van der Waals surface area contributed by atoms with Crippen molar-refractivity contribution in [1.29, 1.82) is 0 Å². The molecule has 6 nitrogen and oxygen atoms in total. The third-order valence-electron chi connectivity index (χ3n) is 4.67. The number of β-amino-alcohol motifs (C(OH)–C–C–N with tert-alkyl or cyclic N) is 1. The Balaban J connectivity index is 1.81. The van der Waals surface area contributed by atoms with E-state index in [0.29, 0.717) is 24.1 Å². The number of nitrogens with zero attached hydrogens (tertiary/aromatic N) is 1. The average Bonchev–Trinajstić information content (AvgIpc) is 2.63. The summed E-state index contributed by atoms with van der Waals surface area (Å²) in [5, 5.41) is 26.2. The van der Waals surface area contributed by atoms with Crippen molar-refractivity contribution in [3.05, 3.63) is 53.9 Å². The fraction of sp³-hybridized carbons (Fsp3) is 0.400. The molecule has 0 unspecified atom stereocenters. The van der Waals surface area contributed by atoms with Crippen LogP contribution in [-0.4, -0.2) is 46.3 Å². The molecule has 138 valence electrons. The lowest BCUT2D eigenvalue weighted by molar-refractivity contribution is 0.0764. The highest BCUT2D eigenvalue weighted by atomic mass is 16.3. The first-order valence-electron chi connectivity index (χ1n) is 8.82. The first-order chi connectivity index (χ1) is 12.3. The van der Waals surface area contributed by atoms with Gasteiger partial charge < -0.3 is 20.8 Å². The molecule has 1 saturated heterocycles. The van der Waals surface area contributed by atoms with E-state index < -0.39 is 11.7 Å². The number of pyridine rings is 1. The van der Waals surface area contributed by atoms with E-state index in [1.807, 2.05) is 18.2 Å². The summed E-state index contributed by atoms with van der Waals surface area (Å²) in [5.74, 6) is -0.204. The van der Waals surface area contributed by atoms with E-state index in [0.717, 1.165) is 17.7 Å². The van der Waals surface area contributed by atoms with Crippen molar-refractivity contribution in [1.82, 2.24) is 15.6 Å². The predicted molar refractivity (Wildman–Crippen MR) is 99.7 cm³/mol. The minimum absolute atomic E-state index is 0.204. The number of aliphatic hydroxyl groups excluding tert-OH is 1. The van der Waals surface area contributed by atoms with E-state index in [1.165, 1.54) is 0 Å².